The molecule has 0 aromatic heterocycles. The Morgan fingerprint density at radius 3 is 2.62 bits per heavy atom. The van der Waals surface area contributed by atoms with E-state index in [4.69, 9.17) is 11.6 Å². The second-order valence-electron chi connectivity index (χ2n) is 6.51. The zero-order valence-corrected chi connectivity index (χ0v) is 14.5. The summed E-state index contributed by atoms with van der Waals surface area (Å²) >= 11 is 8.16. The van der Waals surface area contributed by atoms with Gasteiger partial charge in [0.1, 0.15) is 0 Å². The lowest BCUT2D eigenvalue weighted by molar-refractivity contribution is 0.197. The normalized spacial score (nSPS) is 29.4. The van der Waals surface area contributed by atoms with Gasteiger partial charge in [0, 0.05) is 28.0 Å². The molecule has 0 bridgehead atoms. The van der Waals surface area contributed by atoms with Gasteiger partial charge in [-0.2, -0.15) is 0 Å². The van der Waals surface area contributed by atoms with Crippen molar-refractivity contribution < 1.29 is 0 Å². The maximum absolute atomic E-state index is 6.20. The maximum atomic E-state index is 6.20. The van der Waals surface area contributed by atoms with Gasteiger partial charge in [0.2, 0.25) is 0 Å². The Bertz CT molecular complexity index is 484. The fourth-order valence-electron chi connectivity index (χ4n) is 3.58. The van der Waals surface area contributed by atoms with Crippen LogP contribution in [0.5, 0.6) is 0 Å². The Kier molecular flexibility index (Phi) is 5.15. The molecule has 1 aliphatic heterocycles. The Morgan fingerprint density at radius 2 is 1.90 bits per heavy atom. The van der Waals surface area contributed by atoms with Crippen molar-refractivity contribution in [3.63, 3.8) is 0 Å². The summed E-state index contributed by atoms with van der Waals surface area (Å²) in [6.07, 6.45) is 6.43. The van der Waals surface area contributed by atoms with Crippen molar-refractivity contribution in [2.24, 2.45) is 0 Å². The van der Waals surface area contributed by atoms with Gasteiger partial charge in [0.25, 0.3) is 0 Å². The fraction of sp³-hybridized carbons (Fsp3) is 0.647. The molecule has 1 aliphatic carbocycles. The van der Waals surface area contributed by atoms with Gasteiger partial charge in [0.05, 0.1) is 0 Å². The first-order valence-electron chi connectivity index (χ1n) is 7.98. The Labute approximate surface area is 137 Å². The molecule has 1 aromatic rings. The van der Waals surface area contributed by atoms with Gasteiger partial charge in [-0.3, -0.25) is 0 Å². The lowest BCUT2D eigenvalue weighted by Gasteiger charge is -2.36. The molecular formula is C17H25ClN2S. The monoisotopic (exact) mass is 324 g/mol. The minimum Gasteiger partial charge on any atom is -0.307 e. The van der Waals surface area contributed by atoms with Crippen molar-refractivity contribution >= 4 is 23.4 Å². The quantitative estimate of drug-likeness (QED) is 0.890. The zero-order chi connectivity index (χ0) is 14.8. The summed E-state index contributed by atoms with van der Waals surface area (Å²) < 4.78 is 0. The lowest BCUT2D eigenvalue weighted by atomic mass is 9.89. The van der Waals surface area contributed by atoms with Crippen LogP contribution in [0.3, 0.4) is 0 Å². The number of hydrogen-bond donors (Lipinski definition) is 1. The molecule has 116 valence electrons. The summed E-state index contributed by atoms with van der Waals surface area (Å²) in [6, 6.07) is 8.28. The molecular weight excluding hydrogens is 300 g/mol. The van der Waals surface area contributed by atoms with Gasteiger partial charge in [0.15, 0.2) is 0 Å². The average Bonchev–Trinajstić information content (AvgIpc) is 2.48. The molecule has 1 aromatic carbocycles. The molecule has 0 radical (unpaired) electrons. The third-order valence-corrected chi connectivity index (χ3v) is 6.23. The van der Waals surface area contributed by atoms with E-state index >= 15 is 0 Å². The highest BCUT2D eigenvalue weighted by molar-refractivity contribution is 7.99. The van der Waals surface area contributed by atoms with E-state index in [1.54, 1.807) is 0 Å². The van der Waals surface area contributed by atoms with Crippen LogP contribution in [0.25, 0.3) is 0 Å². The number of hydrogen-bond acceptors (Lipinski definition) is 3. The molecule has 1 fully saturated rings. The summed E-state index contributed by atoms with van der Waals surface area (Å²) in [7, 11) is 4.41. The van der Waals surface area contributed by atoms with Crippen LogP contribution >= 0.6 is 23.4 Å². The van der Waals surface area contributed by atoms with Crippen LogP contribution in [0, 0.1) is 0 Å². The minimum atomic E-state index is 0.487. The van der Waals surface area contributed by atoms with Crippen molar-refractivity contribution in [1.29, 1.82) is 0 Å². The first-order valence-corrected chi connectivity index (χ1v) is 9.34. The van der Waals surface area contributed by atoms with E-state index in [1.165, 1.54) is 48.3 Å². The predicted molar refractivity (Wildman–Crippen MR) is 92.4 cm³/mol. The fourth-order valence-corrected chi connectivity index (χ4v) is 4.87. The summed E-state index contributed by atoms with van der Waals surface area (Å²) in [5.74, 6) is 1.21. The highest BCUT2D eigenvalue weighted by Crippen LogP contribution is 2.38. The van der Waals surface area contributed by atoms with Gasteiger partial charge in [-0.15, -0.1) is 11.8 Å². The van der Waals surface area contributed by atoms with Gasteiger partial charge in [-0.1, -0.05) is 11.6 Å². The van der Waals surface area contributed by atoms with Crippen LogP contribution in [-0.2, 0) is 0 Å². The summed E-state index contributed by atoms with van der Waals surface area (Å²) in [6.45, 7) is 0. The first kappa shape index (κ1) is 15.7. The Morgan fingerprint density at radius 1 is 1.14 bits per heavy atom. The topological polar surface area (TPSA) is 15.3 Å². The smallest absolute Gasteiger partial charge is 0.0410 e. The van der Waals surface area contributed by atoms with Crippen LogP contribution in [0.4, 0.5) is 0 Å². The van der Waals surface area contributed by atoms with E-state index < -0.39 is 0 Å². The van der Waals surface area contributed by atoms with Crippen molar-refractivity contribution in [1.82, 2.24) is 10.2 Å². The average molecular weight is 325 g/mol. The van der Waals surface area contributed by atoms with Crippen LogP contribution in [0.2, 0.25) is 5.02 Å². The SMILES string of the molecule is CN(C)C1CCC(N[C@@H]2CCSc3ccc(Cl)cc32)CC1. The summed E-state index contributed by atoms with van der Waals surface area (Å²) in [5, 5.41) is 4.77. The van der Waals surface area contributed by atoms with Crippen LogP contribution in [0.15, 0.2) is 23.1 Å². The molecule has 3 rings (SSSR count). The molecule has 4 heteroatoms. The molecule has 2 nitrogen and oxygen atoms in total. The number of thioether (sulfide) groups is 1. The van der Waals surface area contributed by atoms with E-state index in [9.17, 15) is 0 Å². The second kappa shape index (κ2) is 6.91. The van der Waals surface area contributed by atoms with Gasteiger partial charge >= 0.3 is 0 Å². The third-order valence-electron chi connectivity index (χ3n) is 4.88. The van der Waals surface area contributed by atoms with Crippen molar-refractivity contribution in [3.8, 4) is 0 Å². The highest BCUT2D eigenvalue weighted by Gasteiger charge is 2.27. The van der Waals surface area contributed by atoms with E-state index in [2.05, 4.69) is 36.4 Å². The van der Waals surface area contributed by atoms with Gasteiger partial charge in [-0.25, -0.2) is 0 Å². The summed E-state index contributed by atoms with van der Waals surface area (Å²) in [4.78, 5) is 3.79. The maximum Gasteiger partial charge on any atom is 0.0410 e. The number of rotatable bonds is 3. The summed E-state index contributed by atoms with van der Waals surface area (Å²) in [5.41, 5.74) is 1.41. The Hall–Kier alpha value is -0.220. The molecule has 2 aliphatic rings. The number of nitrogens with zero attached hydrogens (tertiary/aromatic N) is 1. The standard InChI is InChI=1S/C17H25ClN2S/c1-20(2)14-6-4-13(5-7-14)19-16-9-10-21-17-8-3-12(18)11-15(16)17/h3,8,11,13-14,16,19H,4-7,9-10H2,1-2H3/t13?,14?,16-/m1/s1. The van der Waals surface area contributed by atoms with Crippen LogP contribution in [-0.4, -0.2) is 36.8 Å². The molecule has 0 unspecified atom stereocenters. The predicted octanol–water partition coefficient (Wildman–Crippen LogP) is 4.34. The Balaban J connectivity index is 1.63. The third kappa shape index (κ3) is 3.76. The van der Waals surface area contributed by atoms with E-state index in [0.29, 0.717) is 12.1 Å². The molecule has 1 heterocycles. The molecule has 0 spiro atoms. The van der Waals surface area contributed by atoms with Crippen LogP contribution < -0.4 is 5.32 Å². The largest absolute Gasteiger partial charge is 0.307 e. The number of halogens is 1. The van der Waals surface area contributed by atoms with Crippen molar-refractivity contribution in [3.05, 3.63) is 28.8 Å². The van der Waals surface area contributed by atoms with E-state index in [1.807, 2.05) is 17.8 Å². The molecule has 1 atom stereocenters. The van der Waals surface area contributed by atoms with Gasteiger partial charge in [-0.05, 0) is 75.7 Å². The highest BCUT2D eigenvalue weighted by atomic mass is 35.5. The molecule has 1 saturated carbocycles. The number of fused-ring (bicyclic) bond motifs is 1. The van der Waals surface area contributed by atoms with E-state index in [-0.39, 0.29) is 0 Å². The van der Waals surface area contributed by atoms with Crippen LogP contribution in [0.1, 0.15) is 43.7 Å². The number of benzene rings is 1. The molecule has 0 saturated heterocycles. The van der Waals surface area contributed by atoms with E-state index in [0.717, 1.165) is 11.1 Å². The van der Waals surface area contributed by atoms with Gasteiger partial charge < -0.3 is 10.2 Å². The molecule has 0 amide bonds. The molecule has 21 heavy (non-hydrogen) atoms. The van der Waals surface area contributed by atoms with Crippen molar-refractivity contribution in [2.45, 2.75) is 55.1 Å². The van der Waals surface area contributed by atoms with Crippen molar-refractivity contribution in [2.75, 3.05) is 19.8 Å². The minimum absolute atomic E-state index is 0.487. The molecule has 1 N–H and O–H groups in total. The number of nitrogens with one attached hydrogen (secondary N) is 1. The zero-order valence-electron chi connectivity index (χ0n) is 12.9. The lowest BCUT2D eigenvalue weighted by Crippen LogP contribution is -2.41. The first-order chi connectivity index (χ1) is 10.1. The second-order valence-corrected chi connectivity index (χ2v) is 8.08.